The average Bonchev–Trinajstić information content (AvgIpc) is 2.90. The fourth-order valence-corrected chi connectivity index (χ4v) is 4.66. The molecule has 2 atom stereocenters. The largest absolute Gasteiger partial charge is 0.481 e. The van der Waals surface area contributed by atoms with E-state index in [1.165, 1.54) is 19.2 Å². The van der Waals surface area contributed by atoms with Crippen molar-refractivity contribution in [3.05, 3.63) is 119 Å². The summed E-state index contributed by atoms with van der Waals surface area (Å²) in [6, 6.07) is 24.9. The van der Waals surface area contributed by atoms with Crippen molar-refractivity contribution in [3.8, 4) is 17.0 Å². The molecule has 1 N–H and O–H groups in total. The van der Waals surface area contributed by atoms with E-state index in [9.17, 15) is 9.50 Å². The van der Waals surface area contributed by atoms with Crippen LogP contribution in [-0.2, 0) is 5.60 Å². The maximum Gasteiger partial charge on any atom is 0.217 e. The second-order valence-electron chi connectivity index (χ2n) is 9.11. The van der Waals surface area contributed by atoms with Gasteiger partial charge in [-0.15, -0.1) is 0 Å². The molecule has 0 amide bonds. The predicted molar refractivity (Wildman–Crippen MR) is 138 cm³/mol. The summed E-state index contributed by atoms with van der Waals surface area (Å²) in [4.78, 5) is 6.45. The molecule has 0 spiro atoms. The van der Waals surface area contributed by atoms with Crippen LogP contribution in [0.25, 0.3) is 11.1 Å². The van der Waals surface area contributed by atoms with E-state index in [4.69, 9.17) is 4.74 Å². The average molecular weight is 489 g/mol. The molecular formula is C30H30F2N2O2. The van der Waals surface area contributed by atoms with E-state index in [1.54, 1.807) is 6.20 Å². The van der Waals surface area contributed by atoms with E-state index < -0.39 is 23.2 Å². The Morgan fingerprint density at radius 2 is 1.58 bits per heavy atom. The number of aromatic nitrogens is 1. The van der Waals surface area contributed by atoms with Gasteiger partial charge in [0.15, 0.2) is 11.6 Å². The zero-order valence-corrected chi connectivity index (χ0v) is 20.7. The summed E-state index contributed by atoms with van der Waals surface area (Å²) in [5, 5.41) is 12.5. The number of halogens is 2. The lowest BCUT2D eigenvalue weighted by Gasteiger charge is -2.39. The monoisotopic (exact) mass is 488 g/mol. The highest BCUT2D eigenvalue weighted by Gasteiger charge is 2.44. The van der Waals surface area contributed by atoms with Gasteiger partial charge in [0.25, 0.3) is 0 Å². The third-order valence-corrected chi connectivity index (χ3v) is 6.46. The molecule has 3 aromatic carbocycles. The van der Waals surface area contributed by atoms with Crippen molar-refractivity contribution in [1.82, 2.24) is 9.88 Å². The predicted octanol–water partition coefficient (Wildman–Crippen LogP) is 6.01. The van der Waals surface area contributed by atoms with Crippen molar-refractivity contribution < 1.29 is 18.6 Å². The van der Waals surface area contributed by atoms with Crippen LogP contribution in [0.1, 0.15) is 29.0 Å². The Morgan fingerprint density at radius 1 is 0.917 bits per heavy atom. The molecule has 6 heteroatoms. The molecular weight excluding hydrogens is 458 g/mol. The Bertz CT molecular complexity index is 1300. The van der Waals surface area contributed by atoms with Crippen LogP contribution in [0.15, 0.2) is 91.1 Å². The van der Waals surface area contributed by atoms with Gasteiger partial charge in [0.1, 0.15) is 5.60 Å². The zero-order chi connectivity index (χ0) is 25.7. The number of aliphatic hydroxyl groups is 1. The van der Waals surface area contributed by atoms with Crippen LogP contribution in [0.2, 0.25) is 0 Å². The number of hydrogen-bond acceptors (Lipinski definition) is 4. The lowest BCUT2D eigenvalue weighted by molar-refractivity contribution is 0.0000423. The Kier molecular flexibility index (Phi) is 7.77. The van der Waals surface area contributed by atoms with Gasteiger partial charge in [0.2, 0.25) is 5.88 Å². The molecule has 0 fully saturated rings. The van der Waals surface area contributed by atoms with Crippen LogP contribution in [0, 0.1) is 11.6 Å². The fourth-order valence-electron chi connectivity index (χ4n) is 4.66. The summed E-state index contributed by atoms with van der Waals surface area (Å²) in [6.07, 6.45) is 1.85. The van der Waals surface area contributed by atoms with Crippen LogP contribution in [-0.4, -0.2) is 42.7 Å². The molecule has 36 heavy (non-hydrogen) atoms. The van der Waals surface area contributed by atoms with E-state index in [-0.39, 0.29) is 12.0 Å². The van der Waals surface area contributed by atoms with E-state index in [0.717, 1.165) is 22.8 Å². The SMILES string of the molecule is COc1ncc(-c2ccccc2)cc1[C@@H](c1ccccc1)[C@@](O)(CCN(C)C)c1cccc(F)c1F. The van der Waals surface area contributed by atoms with Gasteiger partial charge in [-0.25, -0.2) is 13.8 Å². The Balaban J connectivity index is 2.01. The van der Waals surface area contributed by atoms with Crippen LogP contribution in [0.4, 0.5) is 8.78 Å². The first kappa shape index (κ1) is 25.5. The molecule has 4 nitrogen and oxygen atoms in total. The van der Waals surface area contributed by atoms with E-state index in [2.05, 4.69) is 4.98 Å². The summed E-state index contributed by atoms with van der Waals surface area (Å²) >= 11 is 0. The zero-order valence-electron chi connectivity index (χ0n) is 20.7. The maximum atomic E-state index is 15.3. The number of pyridine rings is 1. The normalized spacial score (nSPS) is 13.9. The molecule has 186 valence electrons. The van der Waals surface area contributed by atoms with E-state index in [1.807, 2.05) is 85.7 Å². The maximum absolute atomic E-state index is 15.3. The van der Waals surface area contributed by atoms with Crippen molar-refractivity contribution >= 4 is 0 Å². The number of rotatable bonds is 9. The molecule has 1 aromatic heterocycles. The van der Waals surface area contributed by atoms with Crippen molar-refractivity contribution in [2.75, 3.05) is 27.7 Å². The van der Waals surface area contributed by atoms with Gasteiger partial charge in [-0.1, -0.05) is 72.8 Å². The molecule has 1 heterocycles. The molecule has 0 saturated carbocycles. The van der Waals surface area contributed by atoms with Crippen molar-refractivity contribution in [1.29, 1.82) is 0 Å². The molecule has 0 unspecified atom stereocenters. The molecule has 0 aliphatic carbocycles. The first-order valence-corrected chi connectivity index (χ1v) is 11.8. The third kappa shape index (κ3) is 5.15. The van der Waals surface area contributed by atoms with Gasteiger partial charge in [0.05, 0.1) is 7.11 Å². The minimum absolute atomic E-state index is 0.106. The molecule has 0 aliphatic heterocycles. The quantitative estimate of drug-likeness (QED) is 0.314. The van der Waals surface area contributed by atoms with Gasteiger partial charge in [0, 0.05) is 35.3 Å². The number of nitrogens with zero attached hydrogens (tertiary/aromatic N) is 2. The lowest BCUT2D eigenvalue weighted by Crippen LogP contribution is -2.38. The number of benzene rings is 3. The van der Waals surface area contributed by atoms with Crippen LogP contribution >= 0.6 is 0 Å². The molecule has 0 aliphatic rings. The van der Waals surface area contributed by atoms with E-state index in [0.29, 0.717) is 18.0 Å². The molecule has 0 saturated heterocycles. The summed E-state index contributed by atoms with van der Waals surface area (Å²) in [5.74, 6) is -2.57. The van der Waals surface area contributed by atoms with Gasteiger partial charge in [-0.05, 0) is 43.8 Å². The smallest absolute Gasteiger partial charge is 0.217 e. The summed E-state index contributed by atoms with van der Waals surface area (Å²) in [7, 11) is 5.26. The number of ether oxygens (including phenoxy) is 1. The Labute approximate surface area is 210 Å². The first-order valence-electron chi connectivity index (χ1n) is 11.8. The Morgan fingerprint density at radius 3 is 2.22 bits per heavy atom. The van der Waals surface area contributed by atoms with Gasteiger partial charge in [-0.3, -0.25) is 0 Å². The molecule has 0 bridgehead atoms. The van der Waals surface area contributed by atoms with E-state index >= 15 is 4.39 Å². The van der Waals surface area contributed by atoms with Gasteiger partial charge in [-0.2, -0.15) is 0 Å². The third-order valence-electron chi connectivity index (χ3n) is 6.46. The van der Waals surface area contributed by atoms with Crippen LogP contribution in [0.5, 0.6) is 5.88 Å². The number of hydrogen-bond donors (Lipinski definition) is 1. The van der Waals surface area contributed by atoms with Crippen molar-refractivity contribution in [3.63, 3.8) is 0 Å². The summed E-state index contributed by atoms with van der Waals surface area (Å²) < 4.78 is 35.5. The van der Waals surface area contributed by atoms with Gasteiger partial charge < -0.3 is 14.7 Å². The van der Waals surface area contributed by atoms with Gasteiger partial charge >= 0.3 is 0 Å². The molecule has 4 rings (SSSR count). The molecule has 0 radical (unpaired) electrons. The summed E-state index contributed by atoms with van der Waals surface area (Å²) in [5.41, 5.74) is 1.15. The first-order chi connectivity index (χ1) is 17.3. The highest BCUT2D eigenvalue weighted by Crippen LogP contribution is 2.48. The fraction of sp³-hybridized carbons (Fsp3) is 0.233. The second-order valence-corrected chi connectivity index (χ2v) is 9.11. The van der Waals surface area contributed by atoms with Crippen LogP contribution in [0.3, 0.4) is 0 Å². The highest BCUT2D eigenvalue weighted by molar-refractivity contribution is 5.65. The summed E-state index contributed by atoms with van der Waals surface area (Å²) in [6.45, 7) is 0.434. The second kappa shape index (κ2) is 11.0. The molecule has 4 aromatic rings. The minimum atomic E-state index is -1.82. The Hall–Kier alpha value is -3.61. The van der Waals surface area contributed by atoms with Crippen molar-refractivity contribution in [2.45, 2.75) is 17.9 Å². The van der Waals surface area contributed by atoms with Crippen LogP contribution < -0.4 is 4.74 Å². The number of methoxy groups -OCH3 is 1. The van der Waals surface area contributed by atoms with Crippen molar-refractivity contribution in [2.24, 2.45) is 0 Å². The minimum Gasteiger partial charge on any atom is -0.481 e. The lowest BCUT2D eigenvalue weighted by atomic mass is 9.71. The highest BCUT2D eigenvalue weighted by atomic mass is 19.2. The standard InChI is InChI=1S/C30H30F2N2O2/c1-34(2)18-17-30(35,25-15-10-16-26(31)28(25)32)27(22-13-8-5-9-14-22)24-19-23(20-33-29(24)36-3)21-11-6-4-7-12-21/h4-16,19-20,27,35H,17-18H2,1-3H3/t27-,30-/m1/s1. The topological polar surface area (TPSA) is 45.6 Å².